The second-order valence-electron chi connectivity index (χ2n) is 3.33. The minimum atomic E-state index is -0.370. The van der Waals surface area contributed by atoms with E-state index in [1.807, 2.05) is 6.92 Å². The molecule has 5 heteroatoms. The number of aryl methyl sites for hydroxylation is 1. The number of hydrogen-bond acceptors (Lipinski definition) is 5. The van der Waals surface area contributed by atoms with E-state index in [0.717, 1.165) is 30.3 Å². The van der Waals surface area contributed by atoms with Gasteiger partial charge in [0.2, 0.25) is 0 Å². The molecule has 4 nitrogen and oxygen atoms in total. The fourth-order valence-corrected chi connectivity index (χ4v) is 2.20. The van der Waals surface area contributed by atoms with Crippen molar-refractivity contribution >= 4 is 11.5 Å². The summed E-state index contributed by atoms with van der Waals surface area (Å²) in [6, 6.07) is 0. The highest BCUT2D eigenvalue weighted by molar-refractivity contribution is 7.05. The number of aromatic nitrogens is 2. The molecule has 1 aliphatic heterocycles. The summed E-state index contributed by atoms with van der Waals surface area (Å²) in [5.41, 5.74) is 5.76. The molecule has 0 aromatic carbocycles. The van der Waals surface area contributed by atoms with Gasteiger partial charge in [-0.1, -0.05) is 6.92 Å². The zero-order valence-corrected chi connectivity index (χ0v) is 8.43. The zero-order valence-electron chi connectivity index (χ0n) is 7.62. The molecule has 0 saturated carbocycles. The molecule has 13 heavy (non-hydrogen) atoms. The van der Waals surface area contributed by atoms with Gasteiger partial charge in [-0.2, -0.15) is 4.37 Å². The quantitative estimate of drug-likeness (QED) is 0.760. The molecule has 0 radical (unpaired) electrons. The Morgan fingerprint density at radius 1 is 1.69 bits per heavy atom. The molecule has 0 amide bonds. The van der Waals surface area contributed by atoms with Gasteiger partial charge in [0.05, 0.1) is 12.1 Å². The van der Waals surface area contributed by atoms with E-state index in [-0.39, 0.29) is 5.54 Å². The third-order valence-corrected chi connectivity index (χ3v) is 3.24. The van der Waals surface area contributed by atoms with Crippen molar-refractivity contribution in [1.29, 1.82) is 0 Å². The minimum Gasteiger partial charge on any atom is -0.379 e. The van der Waals surface area contributed by atoms with Crippen LogP contribution in [0.2, 0.25) is 0 Å². The van der Waals surface area contributed by atoms with Gasteiger partial charge in [0.1, 0.15) is 10.8 Å². The largest absolute Gasteiger partial charge is 0.379 e. The molecule has 72 valence electrons. The summed E-state index contributed by atoms with van der Waals surface area (Å²) in [4.78, 5) is 4.38. The Kier molecular flexibility index (Phi) is 2.31. The van der Waals surface area contributed by atoms with E-state index >= 15 is 0 Å². The Balaban J connectivity index is 2.23. The van der Waals surface area contributed by atoms with E-state index in [2.05, 4.69) is 9.36 Å². The van der Waals surface area contributed by atoms with Crippen LogP contribution in [0.3, 0.4) is 0 Å². The predicted octanol–water partition coefficient (Wildman–Crippen LogP) is 0.675. The lowest BCUT2D eigenvalue weighted by molar-refractivity contribution is 0.178. The van der Waals surface area contributed by atoms with Crippen LogP contribution in [0.25, 0.3) is 0 Å². The Hall–Kier alpha value is -0.520. The molecule has 1 unspecified atom stereocenters. The van der Waals surface area contributed by atoms with Crippen LogP contribution in [0.1, 0.15) is 24.2 Å². The van der Waals surface area contributed by atoms with Crippen molar-refractivity contribution in [3.8, 4) is 0 Å². The Morgan fingerprint density at radius 2 is 2.54 bits per heavy atom. The average molecular weight is 199 g/mol. The molecular weight excluding hydrogens is 186 g/mol. The molecule has 1 aliphatic rings. The molecule has 1 aromatic rings. The van der Waals surface area contributed by atoms with Gasteiger partial charge >= 0.3 is 0 Å². The summed E-state index contributed by atoms with van der Waals surface area (Å²) in [6.07, 6.45) is 1.72. The number of ether oxygens (including phenoxy) is 1. The highest BCUT2D eigenvalue weighted by Crippen LogP contribution is 2.28. The van der Waals surface area contributed by atoms with Crippen molar-refractivity contribution in [3.05, 3.63) is 10.8 Å². The van der Waals surface area contributed by atoms with Crippen LogP contribution in [0.5, 0.6) is 0 Å². The normalized spacial score (nSPS) is 28.2. The summed E-state index contributed by atoms with van der Waals surface area (Å²) in [6.45, 7) is 3.35. The smallest absolute Gasteiger partial charge is 0.142 e. The van der Waals surface area contributed by atoms with Crippen molar-refractivity contribution < 1.29 is 4.74 Å². The molecule has 1 atom stereocenters. The lowest BCUT2D eigenvalue weighted by Gasteiger charge is -2.16. The average Bonchev–Trinajstić information content (AvgIpc) is 2.72. The molecule has 1 saturated heterocycles. The molecular formula is C8H13N3OS. The third kappa shape index (κ3) is 1.59. The van der Waals surface area contributed by atoms with Crippen molar-refractivity contribution in [2.75, 3.05) is 13.2 Å². The standard InChI is InChI=1S/C8H13N3OS/c1-2-6-10-7(13-11-6)8(9)3-4-12-5-8/h2-5,9H2,1H3. The molecule has 0 bridgehead atoms. The van der Waals surface area contributed by atoms with E-state index in [4.69, 9.17) is 10.5 Å². The highest BCUT2D eigenvalue weighted by Gasteiger charge is 2.35. The first-order valence-electron chi connectivity index (χ1n) is 4.44. The van der Waals surface area contributed by atoms with Gasteiger partial charge in [-0.05, 0) is 18.0 Å². The van der Waals surface area contributed by atoms with Crippen LogP contribution in [-0.4, -0.2) is 22.6 Å². The Labute approximate surface area is 81.3 Å². The van der Waals surface area contributed by atoms with Gasteiger partial charge in [0.15, 0.2) is 0 Å². The topological polar surface area (TPSA) is 61.0 Å². The summed E-state index contributed by atoms with van der Waals surface area (Å²) in [5, 5.41) is 0.918. The van der Waals surface area contributed by atoms with Crippen LogP contribution in [0, 0.1) is 0 Å². The second-order valence-corrected chi connectivity index (χ2v) is 4.08. The van der Waals surface area contributed by atoms with Crippen molar-refractivity contribution in [1.82, 2.24) is 9.36 Å². The Bertz CT molecular complexity index is 293. The predicted molar refractivity (Wildman–Crippen MR) is 50.6 cm³/mol. The summed E-state index contributed by atoms with van der Waals surface area (Å²) < 4.78 is 9.49. The van der Waals surface area contributed by atoms with Crippen LogP contribution >= 0.6 is 11.5 Å². The van der Waals surface area contributed by atoms with Crippen LogP contribution in [0.15, 0.2) is 0 Å². The molecule has 2 rings (SSSR count). The molecule has 2 N–H and O–H groups in total. The highest BCUT2D eigenvalue weighted by atomic mass is 32.1. The van der Waals surface area contributed by atoms with Gasteiger partial charge in [0.25, 0.3) is 0 Å². The van der Waals surface area contributed by atoms with Crippen molar-refractivity contribution in [2.45, 2.75) is 25.3 Å². The van der Waals surface area contributed by atoms with Crippen LogP contribution in [-0.2, 0) is 16.7 Å². The number of nitrogens with two attached hydrogens (primary N) is 1. The number of nitrogens with zero attached hydrogens (tertiary/aromatic N) is 2. The number of hydrogen-bond donors (Lipinski definition) is 1. The minimum absolute atomic E-state index is 0.370. The van der Waals surface area contributed by atoms with Gasteiger partial charge in [0, 0.05) is 13.0 Å². The van der Waals surface area contributed by atoms with Crippen molar-refractivity contribution in [3.63, 3.8) is 0 Å². The zero-order chi connectivity index (χ0) is 9.31. The lowest BCUT2D eigenvalue weighted by atomic mass is 10.0. The fourth-order valence-electron chi connectivity index (χ4n) is 1.35. The van der Waals surface area contributed by atoms with E-state index in [1.54, 1.807) is 0 Å². The first-order chi connectivity index (χ1) is 6.24. The first kappa shape index (κ1) is 9.05. The van der Waals surface area contributed by atoms with E-state index in [1.165, 1.54) is 11.5 Å². The first-order valence-corrected chi connectivity index (χ1v) is 5.21. The maximum Gasteiger partial charge on any atom is 0.142 e. The Morgan fingerprint density at radius 3 is 3.08 bits per heavy atom. The van der Waals surface area contributed by atoms with E-state index in [0.29, 0.717) is 6.61 Å². The molecule has 1 fully saturated rings. The van der Waals surface area contributed by atoms with E-state index in [9.17, 15) is 0 Å². The molecule has 0 spiro atoms. The fraction of sp³-hybridized carbons (Fsp3) is 0.750. The molecule has 1 aromatic heterocycles. The van der Waals surface area contributed by atoms with Crippen LogP contribution < -0.4 is 5.73 Å². The molecule has 0 aliphatic carbocycles. The second kappa shape index (κ2) is 3.32. The van der Waals surface area contributed by atoms with Crippen molar-refractivity contribution in [2.24, 2.45) is 5.73 Å². The maximum absolute atomic E-state index is 6.13. The van der Waals surface area contributed by atoms with Gasteiger partial charge in [-0.15, -0.1) is 0 Å². The molecule has 2 heterocycles. The summed E-state index contributed by atoms with van der Waals surface area (Å²) in [7, 11) is 0. The van der Waals surface area contributed by atoms with Gasteiger partial charge < -0.3 is 10.5 Å². The summed E-state index contributed by atoms with van der Waals surface area (Å²) in [5.74, 6) is 0.886. The number of rotatable bonds is 2. The maximum atomic E-state index is 6.13. The van der Waals surface area contributed by atoms with Crippen LogP contribution in [0.4, 0.5) is 0 Å². The monoisotopic (exact) mass is 199 g/mol. The SMILES string of the molecule is CCc1nsc(C2(N)CCOC2)n1. The summed E-state index contributed by atoms with van der Waals surface area (Å²) >= 11 is 1.40. The van der Waals surface area contributed by atoms with Gasteiger partial charge in [-0.3, -0.25) is 0 Å². The van der Waals surface area contributed by atoms with Gasteiger partial charge in [-0.25, -0.2) is 4.98 Å². The lowest BCUT2D eigenvalue weighted by Crippen LogP contribution is -2.36. The third-order valence-electron chi connectivity index (χ3n) is 2.26. The van der Waals surface area contributed by atoms with E-state index < -0.39 is 0 Å².